The summed E-state index contributed by atoms with van der Waals surface area (Å²) in [6.45, 7) is 3.93. The van der Waals surface area contributed by atoms with Crippen molar-refractivity contribution in [2.75, 3.05) is 0 Å². The molecule has 2 aromatic rings. The van der Waals surface area contributed by atoms with Crippen molar-refractivity contribution in [3.8, 4) is 0 Å². The second-order valence-corrected chi connectivity index (χ2v) is 5.08. The third-order valence-corrected chi connectivity index (χ3v) is 3.44. The van der Waals surface area contributed by atoms with Crippen LogP contribution in [0.25, 0.3) is 0 Å². The first kappa shape index (κ1) is 11.5. The average Bonchev–Trinajstić information content (AvgIpc) is 3.13. The molecule has 3 rings (SSSR count). The van der Waals surface area contributed by atoms with Crippen molar-refractivity contribution >= 4 is 0 Å². The smallest absolute Gasteiger partial charge is 0.105 e. The van der Waals surface area contributed by atoms with Crippen LogP contribution in [0.1, 0.15) is 29.8 Å². The lowest BCUT2D eigenvalue weighted by Crippen LogP contribution is -2.15. The standard InChI is InChI=1S/C15H19N3/c1-12-16-7-8-18(12)11-14-4-2-3-13(9-14)10-17-15-5-6-15/h2-4,7-9,15,17H,5-6,10-11H2,1H3. The van der Waals surface area contributed by atoms with Gasteiger partial charge in [-0.15, -0.1) is 0 Å². The van der Waals surface area contributed by atoms with E-state index >= 15 is 0 Å². The predicted molar refractivity (Wildman–Crippen MR) is 72.4 cm³/mol. The maximum atomic E-state index is 4.25. The molecule has 0 aliphatic heterocycles. The van der Waals surface area contributed by atoms with E-state index in [0.29, 0.717) is 0 Å². The molecule has 0 spiro atoms. The van der Waals surface area contributed by atoms with Gasteiger partial charge in [0.15, 0.2) is 0 Å². The lowest BCUT2D eigenvalue weighted by Gasteiger charge is -2.08. The van der Waals surface area contributed by atoms with Gasteiger partial charge in [-0.25, -0.2) is 4.98 Å². The van der Waals surface area contributed by atoms with Gasteiger partial charge in [-0.2, -0.15) is 0 Å². The number of hydrogen-bond donors (Lipinski definition) is 1. The number of hydrogen-bond acceptors (Lipinski definition) is 2. The molecule has 0 unspecified atom stereocenters. The highest BCUT2D eigenvalue weighted by molar-refractivity contribution is 5.24. The van der Waals surface area contributed by atoms with E-state index in [2.05, 4.69) is 39.1 Å². The molecule has 1 aromatic heterocycles. The van der Waals surface area contributed by atoms with E-state index in [-0.39, 0.29) is 0 Å². The van der Waals surface area contributed by atoms with Gasteiger partial charge in [0, 0.05) is 31.5 Å². The lowest BCUT2D eigenvalue weighted by molar-refractivity contribution is 0.685. The van der Waals surface area contributed by atoms with E-state index < -0.39 is 0 Å². The molecule has 1 N–H and O–H groups in total. The minimum atomic E-state index is 0.768. The summed E-state index contributed by atoms with van der Waals surface area (Å²) in [6, 6.07) is 9.57. The molecular formula is C15H19N3. The van der Waals surface area contributed by atoms with E-state index in [9.17, 15) is 0 Å². The van der Waals surface area contributed by atoms with Crippen molar-refractivity contribution in [2.24, 2.45) is 0 Å². The second-order valence-electron chi connectivity index (χ2n) is 5.08. The van der Waals surface area contributed by atoms with Crippen molar-refractivity contribution in [3.63, 3.8) is 0 Å². The number of nitrogens with zero attached hydrogens (tertiary/aromatic N) is 2. The fraction of sp³-hybridized carbons (Fsp3) is 0.400. The highest BCUT2D eigenvalue weighted by atomic mass is 15.0. The predicted octanol–water partition coefficient (Wildman–Crippen LogP) is 2.49. The van der Waals surface area contributed by atoms with Crippen LogP contribution >= 0.6 is 0 Å². The molecule has 0 amide bonds. The summed E-state index contributed by atoms with van der Waals surface area (Å²) < 4.78 is 2.17. The number of nitrogens with one attached hydrogen (secondary N) is 1. The van der Waals surface area contributed by atoms with Gasteiger partial charge in [0.1, 0.15) is 5.82 Å². The third kappa shape index (κ3) is 2.79. The van der Waals surface area contributed by atoms with Gasteiger partial charge in [-0.1, -0.05) is 24.3 Å². The Morgan fingerprint density at radius 1 is 1.33 bits per heavy atom. The van der Waals surface area contributed by atoms with Crippen LogP contribution < -0.4 is 5.32 Å². The number of rotatable bonds is 5. The van der Waals surface area contributed by atoms with Gasteiger partial charge in [0.2, 0.25) is 0 Å². The molecule has 1 aliphatic rings. The Hall–Kier alpha value is -1.61. The van der Waals surface area contributed by atoms with Gasteiger partial charge in [0.05, 0.1) is 0 Å². The monoisotopic (exact) mass is 241 g/mol. The van der Waals surface area contributed by atoms with Gasteiger partial charge in [-0.3, -0.25) is 0 Å². The van der Waals surface area contributed by atoms with Gasteiger partial charge in [-0.05, 0) is 30.9 Å². The Morgan fingerprint density at radius 2 is 2.17 bits per heavy atom. The Labute approximate surface area is 108 Å². The van der Waals surface area contributed by atoms with Crippen LogP contribution in [0, 0.1) is 6.92 Å². The van der Waals surface area contributed by atoms with E-state index in [1.54, 1.807) is 0 Å². The van der Waals surface area contributed by atoms with Crippen LogP contribution in [0.2, 0.25) is 0 Å². The highest BCUT2D eigenvalue weighted by Gasteiger charge is 2.19. The number of aryl methyl sites for hydroxylation is 1. The molecule has 3 nitrogen and oxygen atoms in total. The topological polar surface area (TPSA) is 29.9 Å². The van der Waals surface area contributed by atoms with E-state index in [0.717, 1.165) is 25.0 Å². The Bertz CT molecular complexity index is 526. The number of aromatic nitrogens is 2. The quantitative estimate of drug-likeness (QED) is 0.871. The Morgan fingerprint density at radius 3 is 2.89 bits per heavy atom. The van der Waals surface area contributed by atoms with Gasteiger partial charge in [0.25, 0.3) is 0 Å². The zero-order valence-electron chi connectivity index (χ0n) is 10.8. The molecular weight excluding hydrogens is 222 g/mol. The molecule has 1 aromatic carbocycles. The molecule has 3 heteroatoms. The minimum absolute atomic E-state index is 0.768. The normalized spacial score (nSPS) is 14.9. The highest BCUT2D eigenvalue weighted by Crippen LogP contribution is 2.19. The van der Waals surface area contributed by atoms with Crippen LogP contribution in [0.4, 0.5) is 0 Å². The van der Waals surface area contributed by atoms with E-state index in [1.165, 1.54) is 24.0 Å². The van der Waals surface area contributed by atoms with Crippen LogP contribution in [-0.2, 0) is 13.1 Å². The van der Waals surface area contributed by atoms with Crippen LogP contribution in [0.3, 0.4) is 0 Å². The first-order valence-electron chi connectivity index (χ1n) is 6.60. The summed E-state index contributed by atoms with van der Waals surface area (Å²) in [5, 5.41) is 3.55. The first-order chi connectivity index (χ1) is 8.81. The second kappa shape index (κ2) is 4.94. The molecule has 18 heavy (non-hydrogen) atoms. The molecule has 1 saturated carbocycles. The van der Waals surface area contributed by atoms with E-state index in [4.69, 9.17) is 0 Å². The average molecular weight is 241 g/mol. The summed E-state index contributed by atoms with van der Waals surface area (Å²) in [7, 11) is 0. The van der Waals surface area contributed by atoms with Crippen molar-refractivity contribution in [1.29, 1.82) is 0 Å². The Kier molecular flexibility index (Phi) is 3.15. The van der Waals surface area contributed by atoms with Crippen LogP contribution in [-0.4, -0.2) is 15.6 Å². The zero-order valence-corrected chi connectivity index (χ0v) is 10.8. The minimum Gasteiger partial charge on any atom is -0.331 e. The molecule has 0 radical (unpaired) electrons. The SMILES string of the molecule is Cc1nccn1Cc1cccc(CNC2CC2)c1. The molecule has 0 atom stereocenters. The molecule has 1 heterocycles. The van der Waals surface area contributed by atoms with Gasteiger partial charge < -0.3 is 9.88 Å². The summed E-state index contributed by atoms with van der Waals surface area (Å²) in [6.07, 6.45) is 6.57. The number of benzene rings is 1. The van der Waals surface area contributed by atoms with Gasteiger partial charge >= 0.3 is 0 Å². The summed E-state index contributed by atoms with van der Waals surface area (Å²) in [4.78, 5) is 4.25. The van der Waals surface area contributed by atoms with Crippen molar-refractivity contribution in [1.82, 2.24) is 14.9 Å². The molecule has 94 valence electrons. The fourth-order valence-electron chi connectivity index (χ4n) is 2.16. The maximum absolute atomic E-state index is 4.25. The van der Waals surface area contributed by atoms with Crippen LogP contribution in [0.15, 0.2) is 36.7 Å². The van der Waals surface area contributed by atoms with Crippen LogP contribution in [0.5, 0.6) is 0 Å². The molecule has 0 saturated heterocycles. The van der Waals surface area contributed by atoms with Crippen molar-refractivity contribution in [2.45, 2.75) is 38.9 Å². The summed E-state index contributed by atoms with van der Waals surface area (Å²) >= 11 is 0. The molecule has 1 aliphatic carbocycles. The lowest BCUT2D eigenvalue weighted by atomic mass is 10.1. The largest absolute Gasteiger partial charge is 0.331 e. The molecule has 0 bridgehead atoms. The van der Waals surface area contributed by atoms with Crippen molar-refractivity contribution in [3.05, 3.63) is 53.6 Å². The van der Waals surface area contributed by atoms with E-state index in [1.807, 2.05) is 19.3 Å². The summed E-state index contributed by atoms with van der Waals surface area (Å²) in [5.74, 6) is 1.07. The molecule has 1 fully saturated rings. The third-order valence-electron chi connectivity index (χ3n) is 3.44. The van der Waals surface area contributed by atoms with Crippen molar-refractivity contribution < 1.29 is 0 Å². The fourth-order valence-corrected chi connectivity index (χ4v) is 2.16. The maximum Gasteiger partial charge on any atom is 0.105 e. The zero-order chi connectivity index (χ0) is 12.4. The number of imidazole rings is 1. The first-order valence-corrected chi connectivity index (χ1v) is 6.60. The Balaban J connectivity index is 1.67. The summed E-state index contributed by atoms with van der Waals surface area (Å²) in [5.41, 5.74) is 2.71.